The maximum atomic E-state index is 12.6. The lowest BCUT2D eigenvalue weighted by molar-refractivity contribution is -0.118. The Kier molecular flexibility index (Phi) is 5.81. The van der Waals surface area contributed by atoms with E-state index in [-0.39, 0.29) is 6.42 Å². The Labute approximate surface area is 168 Å². The summed E-state index contributed by atoms with van der Waals surface area (Å²) in [5, 5.41) is 13.6. The highest BCUT2D eigenvalue weighted by Crippen LogP contribution is 2.27. The third-order valence-electron chi connectivity index (χ3n) is 4.54. The van der Waals surface area contributed by atoms with Gasteiger partial charge in [0.25, 0.3) is 0 Å². The monoisotopic (exact) mass is 393 g/mol. The second kappa shape index (κ2) is 8.28. The van der Waals surface area contributed by atoms with Gasteiger partial charge in [0.1, 0.15) is 16.8 Å². The van der Waals surface area contributed by atoms with Gasteiger partial charge in [-0.2, -0.15) is 5.26 Å². The lowest BCUT2D eigenvalue weighted by Gasteiger charge is -2.14. The van der Waals surface area contributed by atoms with E-state index in [2.05, 4.69) is 16.4 Å². The van der Waals surface area contributed by atoms with E-state index in [1.54, 1.807) is 24.3 Å². The molecule has 1 amide bonds. The normalized spacial score (nSPS) is 11.7. The fraction of sp³-hybridized carbons (Fsp3) is 0.227. The number of nitrogens with one attached hydrogen (secondary N) is 1. The Bertz CT molecular complexity index is 1090. The summed E-state index contributed by atoms with van der Waals surface area (Å²) < 4.78 is 5.24. The summed E-state index contributed by atoms with van der Waals surface area (Å²) in [7, 11) is 1.53. The summed E-state index contributed by atoms with van der Waals surface area (Å²) in [6.45, 7) is 4.00. The SMILES string of the molecule is COc1ccccc1NC(=O)[C@H](C#N)Cc1cc2cc(C)cc(C)c2nc1Cl. The molecule has 0 radical (unpaired) electrons. The predicted molar refractivity (Wildman–Crippen MR) is 111 cm³/mol. The number of nitrogens with zero attached hydrogens (tertiary/aromatic N) is 2. The van der Waals surface area contributed by atoms with Gasteiger partial charge in [-0.05, 0) is 49.2 Å². The first-order chi connectivity index (χ1) is 13.4. The number of amides is 1. The number of nitriles is 1. The number of pyridine rings is 1. The standard InChI is InChI=1S/C22H20ClN3O2/c1-13-8-14(2)20-15(9-13)10-16(21(23)26-20)11-17(12-24)22(27)25-18-6-4-5-7-19(18)28-3/h4-10,17H,11H2,1-3H3,(H,25,27)/t17-/m0/s1. The third kappa shape index (κ3) is 4.08. The summed E-state index contributed by atoms with van der Waals surface area (Å²) >= 11 is 6.36. The van der Waals surface area contributed by atoms with Gasteiger partial charge in [0.05, 0.1) is 24.4 Å². The Morgan fingerprint density at radius 3 is 2.75 bits per heavy atom. The number of aryl methyl sites for hydroxylation is 2. The lowest BCUT2D eigenvalue weighted by Crippen LogP contribution is -2.24. The van der Waals surface area contributed by atoms with Crippen molar-refractivity contribution in [3.8, 4) is 11.8 Å². The molecular weight excluding hydrogens is 374 g/mol. The van der Waals surface area contributed by atoms with E-state index in [1.165, 1.54) is 7.11 Å². The quantitative estimate of drug-likeness (QED) is 0.629. The topological polar surface area (TPSA) is 75.0 Å². The fourth-order valence-corrected chi connectivity index (χ4v) is 3.42. The average molecular weight is 394 g/mol. The first kappa shape index (κ1) is 19.7. The molecule has 0 aliphatic heterocycles. The fourth-order valence-electron chi connectivity index (χ4n) is 3.20. The van der Waals surface area contributed by atoms with Crippen molar-refractivity contribution in [2.75, 3.05) is 12.4 Å². The number of carbonyl (C=O) groups excluding carboxylic acids is 1. The third-order valence-corrected chi connectivity index (χ3v) is 4.87. The maximum Gasteiger partial charge on any atom is 0.242 e. The lowest BCUT2D eigenvalue weighted by atomic mass is 9.98. The molecule has 3 rings (SSSR count). The first-order valence-corrected chi connectivity index (χ1v) is 9.20. The van der Waals surface area contributed by atoms with Crippen LogP contribution in [-0.4, -0.2) is 18.0 Å². The van der Waals surface area contributed by atoms with E-state index in [1.807, 2.05) is 32.0 Å². The number of ether oxygens (including phenoxy) is 1. The number of para-hydroxylation sites is 2. The highest BCUT2D eigenvalue weighted by atomic mass is 35.5. The second-order valence-electron chi connectivity index (χ2n) is 6.67. The van der Waals surface area contributed by atoms with Gasteiger partial charge in [-0.25, -0.2) is 4.98 Å². The Morgan fingerprint density at radius 2 is 2.04 bits per heavy atom. The molecule has 0 unspecified atom stereocenters. The molecule has 0 aliphatic carbocycles. The summed E-state index contributed by atoms with van der Waals surface area (Å²) in [6, 6.07) is 15.1. The van der Waals surface area contributed by atoms with Crippen LogP contribution in [0.2, 0.25) is 5.15 Å². The zero-order valence-corrected chi connectivity index (χ0v) is 16.7. The number of carbonyl (C=O) groups is 1. The van der Waals surface area contributed by atoms with Crippen molar-refractivity contribution >= 4 is 34.1 Å². The number of fused-ring (bicyclic) bond motifs is 1. The molecule has 0 bridgehead atoms. The number of hydrogen-bond donors (Lipinski definition) is 1. The van der Waals surface area contributed by atoms with Crippen molar-refractivity contribution in [1.82, 2.24) is 4.98 Å². The summed E-state index contributed by atoms with van der Waals surface area (Å²) in [6.07, 6.45) is 0.173. The minimum absolute atomic E-state index is 0.173. The number of anilines is 1. The number of rotatable bonds is 5. The number of benzene rings is 2. The first-order valence-electron chi connectivity index (χ1n) is 8.82. The van der Waals surface area contributed by atoms with Gasteiger partial charge < -0.3 is 10.1 Å². The molecule has 2 aromatic carbocycles. The molecule has 3 aromatic rings. The smallest absolute Gasteiger partial charge is 0.242 e. The molecule has 0 saturated heterocycles. The van der Waals surface area contributed by atoms with Gasteiger partial charge in [0.2, 0.25) is 5.91 Å². The summed E-state index contributed by atoms with van der Waals surface area (Å²) in [5.41, 5.74) is 4.16. The van der Waals surface area contributed by atoms with Crippen LogP contribution in [-0.2, 0) is 11.2 Å². The summed E-state index contributed by atoms with van der Waals surface area (Å²) in [5.74, 6) is -0.792. The number of aromatic nitrogens is 1. The van der Waals surface area contributed by atoms with Gasteiger partial charge in [-0.3, -0.25) is 4.79 Å². The molecule has 0 fully saturated rings. The Morgan fingerprint density at radius 1 is 1.29 bits per heavy atom. The molecule has 142 valence electrons. The van der Waals surface area contributed by atoms with Gasteiger partial charge in [-0.1, -0.05) is 35.4 Å². The number of methoxy groups -OCH3 is 1. The van der Waals surface area contributed by atoms with Crippen LogP contribution in [0.5, 0.6) is 5.75 Å². The zero-order chi connectivity index (χ0) is 20.3. The molecule has 1 aromatic heterocycles. The van der Waals surface area contributed by atoms with Crippen LogP contribution in [0, 0.1) is 31.1 Å². The largest absolute Gasteiger partial charge is 0.495 e. The van der Waals surface area contributed by atoms with Gasteiger partial charge >= 0.3 is 0 Å². The molecular formula is C22H20ClN3O2. The van der Waals surface area contributed by atoms with Crippen LogP contribution >= 0.6 is 11.6 Å². The van der Waals surface area contributed by atoms with E-state index in [4.69, 9.17) is 16.3 Å². The highest BCUT2D eigenvalue weighted by Gasteiger charge is 2.22. The minimum atomic E-state index is -0.910. The molecule has 5 nitrogen and oxygen atoms in total. The van der Waals surface area contributed by atoms with Crippen LogP contribution < -0.4 is 10.1 Å². The van der Waals surface area contributed by atoms with Crippen LogP contribution in [0.4, 0.5) is 5.69 Å². The van der Waals surface area contributed by atoms with E-state index in [0.717, 1.165) is 22.0 Å². The molecule has 1 atom stereocenters. The molecule has 6 heteroatoms. The number of halogens is 1. The van der Waals surface area contributed by atoms with Crippen molar-refractivity contribution in [3.05, 3.63) is 64.3 Å². The van der Waals surface area contributed by atoms with E-state index >= 15 is 0 Å². The summed E-state index contributed by atoms with van der Waals surface area (Å²) in [4.78, 5) is 17.1. The predicted octanol–water partition coefficient (Wildman–Crippen LogP) is 4.83. The van der Waals surface area contributed by atoms with Crippen molar-refractivity contribution in [2.24, 2.45) is 5.92 Å². The van der Waals surface area contributed by atoms with Gasteiger partial charge in [0, 0.05) is 11.8 Å². The van der Waals surface area contributed by atoms with E-state index < -0.39 is 11.8 Å². The van der Waals surface area contributed by atoms with Crippen LogP contribution in [0.15, 0.2) is 42.5 Å². The van der Waals surface area contributed by atoms with E-state index in [0.29, 0.717) is 22.2 Å². The van der Waals surface area contributed by atoms with Crippen LogP contribution in [0.3, 0.4) is 0 Å². The number of hydrogen-bond acceptors (Lipinski definition) is 4. The Balaban J connectivity index is 1.87. The molecule has 0 aliphatic rings. The van der Waals surface area contributed by atoms with Crippen molar-refractivity contribution in [3.63, 3.8) is 0 Å². The Hall–Kier alpha value is -3.10. The van der Waals surface area contributed by atoms with Crippen LogP contribution in [0.1, 0.15) is 16.7 Å². The highest BCUT2D eigenvalue weighted by molar-refractivity contribution is 6.30. The van der Waals surface area contributed by atoms with Crippen LogP contribution in [0.25, 0.3) is 10.9 Å². The average Bonchev–Trinajstić information content (AvgIpc) is 2.67. The van der Waals surface area contributed by atoms with E-state index in [9.17, 15) is 10.1 Å². The van der Waals surface area contributed by atoms with Crippen molar-refractivity contribution in [2.45, 2.75) is 20.3 Å². The molecule has 1 heterocycles. The molecule has 0 saturated carbocycles. The zero-order valence-electron chi connectivity index (χ0n) is 15.9. The molecule has 0 spiro atoms. The van der Waals surface area contributed by atoms with Gasteiger partial charge in [-0.15, -0.1) is 0 Å². The maximum absolute atomic E-state index is 12.6. The molecule has 28 heavy (non-hydrogen) atoms. The van der Waals surface area contributed by atoms with Gasteiger partial charge in [0.15, 0.2) is 0 Å². The van der Waals surface area contributed by atoms with Crippen molar-refractivity contribution in [1.29, 1.82) is 5.26 Å². The molecule has 1 N–H and O–H groups in total. The second-order valence-corrected chi connectivity index (χ2v) is 7.03. The minimum Gasteiger partial charge on any atom is -0.495 e. The van der Waals surface area contributed by atoms with Crippen molar-refractivity contribution < 1.29 is 9.53 Å².